The molecular weight excluding hydrogens is 504 g/mol. The molecule has 33 heavy (non-hydrogen) atoms. The highest BCUT2D eigenvalue weighted by Crippen LogP contribution is 2.39. The second-order valence-corrected chi connectivity index (χ2v) is 9.09. The fourth-order valence-electron chi connectivity index (χ4n) is 3.41. The summed E-state index contributed by atoms with van der Waals surface area (Å²) < 4.78 is 12.7. The first kappa shape index (κ1) is 23.1. The zero-order valence-electron chi connectivity index (χ0n) is 18.1. The lowest BCUT2D eigenvalue weighted by Gasteiger charge is -2.16. The molecule has 4 rings (SSSR count). The van der Waals surface area contributed by atoms with Gasteiger partial charge >= 0.3 is 0 Å². The highest BCUT2D eigenvalue weighted by molar-refractivity contribution is 9.10. The van der Waals surface area contributed by atoms with Gasteiger partial charge in [-0.2, -0.15) is 4.99 Å². The van der Waals surface area contributed by atoms with Gasteiger partial charge in [0.2, 0.25) is 5.91 Å². The van der Waals surface area contributed by atoms with Gasteiger partial charge in [-0.25, -0.2) is 0 Å². The Balaban J connectivity index is 1.59. The maximum atomic E-state index is 12.2. The topological polar surface area (TPSA) is 77.0 Å². The predicted molar refractivity (Wildman–Crippen MR) is 135 cm³/mol. The molecule has 168 valence electrons. The number of thioether (sulfide) groups is 1. The van der Waals surface area contributed by atoms with Crippen LogP contribution in [-0.4, -0.2) is 23.6 Å². The molecule has 0 bridgehead atoms. The number of amides is 2. The summed E-state index contributed by atoms with van der Waals surface area (Å²) in [5, 5.41) is 5.12. The average molecular weight is 525 g/mol. The number of aliphatic imine (C=N–C) groups is 1. The number of nitrogens with one attached hydrogen (secondary N) is 1. The Labute approximate surface area is 204 Å². The molecule has 0 fully saturated rings. The van der Waals surface area contributed by atoms with E-state index in [1.165, 1.54) is 6.92 Å². The highest BCUT2D eigenvalue weighted by atomic mass is 79.9. The standard InChI is InChI=1S/C25H21BrN2O4S/c1-3-31-21-12-16(13-22-24(30)28-25(33-22)27-15(2)29)11-20(26)23(21)32-14-18-9-6-8-17-7-4-5-10-19(17)18/h4-13H,3,14H2,1-2H3,(H,27,28,29,30)/b22-13-. The number of rotatable bonds is 6. The Morgan fingerprint density at radius 1 is 1.15 bits per heavy atom. The molecule has 1 N–H and O–H groups in total. The number of carbonyl (C=O) groups excluding carboxylic acids is 2. The average Bonchev–Trinajstić information content (AvgIpc) is 3.11. The first-order valence-corrected chi connectivity index (χ1v) is 11.9. The molecular formula is C25H21BrN2O4S. The molecule has 0 atom stereocenters. The molecule has 0 unspecified atom stereocenters. The molecule has 1 aliphatic heterocycles. The third-order valence-corrected chi connectivity index (χ3v) is 6.27. The Morgan fingerprint density at radius 3 is 2.73 bits per heavy atom. The normalized spacial score (nSPS) is 14.5. The van der Waals surface area contributed by atoms with E-state index in [-0.39, 0.29) is 11.1 Å². The maximum absolute atomic E-state index is 12.2. The molecule has 0 spiro atoms. The minimum absolute atomic E-state index is 0.274. The van der Waals surface area contributed by atoms with Crippen LogP contribution >= 0.6 is 27.7 Å². The molecule has 8 heteroatoms. The van der Waals surface area contributed by atoms with Crippen molar-refractivity contribution in [3.05, 3.63) is 75.1 Å². The summed E-state index contributed by atoms with van der Waals surface area (Å²) >= 11 is 4.71. The number of ether oxygens (including phenoxy) is 2. The van der Waals surface area contributed by atoms with E-state index in [0.717, 1.165) is 33.7 Å². The number of nitrogens with zero attached hydrogens (tertiary/aromatic N) is 1. The summed E-state index contributed by atoms with van der Waals surface area (Å²) in [6.45, 7) is 4.11. The highest BCUT2D eigenvalue weighted by Gasteiger charge is 2.23. The Morgan fingerprint density at radius 2 is 1.94 bits per heavy atom. The van der Waals surface area contributed by atoms with Gasteiger partial charge in [-0.05, 0) is 74.7 Å². The lowest BCUT2D eigenvalue weighted by molar-refractivity contribution is -0.117. The van der Waals surface area contributed by atoms with Crippen LogP contribution in [0.4, 0.5) is 0 Å². The lowest BCUT2D eigenvalue weighted by atomic mass is 10.1. The van der Waals surface area contributed by atoms with E-state index in [0.29, 0.717) is 34.1 Å². The molecule has 1 heterocycles. The Bertz CT molecular complexity index is 1300. The van der Waals surface area contributed by atoms with Gasteiger partial charge in [0.25, 0.3) is 5.91 Å². The SMILES string of the molecule is CCOc1cc(/C=C2\SC(NC(C)=O)=NC2=O)cc(Br)c1OCc1cccc2ccccc12. The Hall–Kier alpha value is -3.10. The molecule has 2 amide bonds. The number of benzene rings is 3. The van der Waals surface area contributed by atoms with Gasteiger partial charge in [-0.3, -0.25) is 9.59 Å². The molecule has 1 aliphatic rings. The zero-order chi connectivity index (χ0) is 23.4. The van der Waals surface area contributed by atoms with Gasteiger partial charge in [-0.1, -0.05) is 42.5 Å². The van der Waals surface area contributed by atoms with E-state index in [1.54, 1.807) is 6.08 Å². The third-order valence-electron chi connectivity index (χ3n) is 4.78. The number of hydrogen-bond acceptors (Lipinski definition) is 5. The van der Waals surface area contributed by atoms with Gasteiger partial charge in [0.1, 0.15) is 6.61 Å². The molecule has 3 aromatic rings. The fourth-order valence-corrected chi connectivity index (χ4v) is 4.84. The van der Waals surface area contributed by atoms with E-state index in [9.17, 15) is 9.59 Å². The van der Waals surface area contributed by atoms with Crippen molar-refractivity contribution in [2.45, 2.75) is 20.5 Å². The van der Waals surface area contributed by atoms with E-state index in [1.807, 2.05) is 43.3 Å². The molecule has 6 nitrogen and oxygen atoms in total. The van der Waals surface area contributed by atoms with Crippen LogP contribution in [0.15, 0.2) is 69.0 Å². The van der Waals surface area contributed by atoms with Crippen molar-refractivity contribution in [3.63, 3.8) is 0 Å². The van der Waals surface area contributed by atoms with Crippen LogP contribution in [0.3, 0.4) is 0 Å². The van der Waals surface area contributed by atoms with Crippen LogP contribution in [0.25, 0.3) is 16.8 Å². The molecule has 0 saturated carbocycles. The van der Waals surface area contributed by atoms with Gasteiger partial charge < -0.3 is 14.8 Å². The maximum Gasteiger partial charge on any atom is 0.286 e. The summed E-state index contributed by atoms with van der Waals surface area (Å²) in [6.07, 6.45) is 1.72. The van der Waals surface area contributed by atoms with Gasteiger partial charge in [0.05, 0.1) is 16.0 Å². The predicted octanol–water partition coefficient (Wildman–Crippen LogP) is 5.69. The number of halogens is 1. The lowest BCUT2D eigenvalue weighted by Crippen LogP contribution is -2.23. The summed E-state index contributed by atoms with van der Waals surface area (Å²) in [4.78, 5) is 27.7. The largest absolute Gasteiger partial charge is 0.490 e. The molecule has 0 saturated heterocycles. The quantitative estimate of drug-likeness (QED) is 0.419. The number of carbonyl (C=O) groups is 2. The van der Waals surface area contributed by atoms with Crippen molar-refractivity contribution in [1.82, 2.24) is 5.32 Å². The molecule has 0 aliphatic carbocycles. The van der Waals surface area contributed by atoms with Crippen LogP contribution in [0.1, 0.15) is 25.0 Å². The third kappa shape index (κ3) is 5.46. The zero-order valence-corrected chi connectivity index (χ0v) is 20.5. The molecule has 0 radical (unpaired) electrons. The first-order valence-electron chi connectivity index (χ1n) is 10.3. The minimum atomic E-state index is -0.394. The smallest absolute Gasteiger partial charge is 0.286 e. The number of amidine groups is 1. The van der Waals surface area contributed by atoms with Gasteiger partial charge in [0, 0.05) is 6.92 Å². The van der Waals surface area contributed by atoms with E-state index >= 15 is 0 Å². The van der Waals surface area contributed by atoms with Crippen molar-refractivity contribution in [3.8, 4) is 11.5 Å². The summed E-state index contributed by atoms with van der Waals surface area (Å²) in [7, 11) is 0. The van der Waals surface area contributed by atoms with Crippen molar-refractivity contribution >= 4 is 61.5 Å². The number of hydrogen-bond donors (Lipinski definition) is 1. The summed E-state index contributed by atoms with van der Waals surface area (Å²) in [5.74, 6) is 0.489. The van der Waals surface area contributed by atoms with Gasteiger partial charge in [-0.15, -0.1) is 0 Å². The van der Waals surface area contributed by atoms with Crippen molar-refractivity contribution < 1.29 is 19.1 Å². The molecule has 3 aromatic carbocycles. The van der Waals surface area contributed by atoms with Crippen LogP contribution in [-0.2, 0) is 16.2 Å². The monoisotopic (exact) mass is 524 g/mol. The molecule has 0 aromatic heterocycles. The van der Waals surface area contributed by atoms with Crippen LogP contribution in [0.5, 0.6) is 11.5 Å². The Kier molecular flexibility index (Phi) is 7.15. The van der Waals surface area contributed by atoms with Gasteiger partial charge in [0.15, 0.2) is 16.7 Å². The number of fused-ring (bicyclic) bond motifs is 1. The van der Waals surface area contributed by atoms with Crippen molar-refractivity contribution in [2.24, 2.45) is 4.99 Å². The summed E-state index contributed by atoms with van der Waals surface area (Å²) in [5.41, 5.74) is 1.82. The second kappa shape index (κ2) is 10.2. The van der Waals surface area contributed by atoms with Crippen LogP contribution in [0, 0.1) is 0 Å². The fraction of sp³-hybridized carbons (Fsp3) is 0.160. The first-order chi connectivity index (χ1) is 15.9. The minimum Gasteiger partial charge on any atom is -0.490 e. The summed E-state index contributed by atoms with van der Waals surface area (Å²) in [6, 6.07) is 18.0. The van der Waals surface area contributed by atoms with Crippen LogP contribution < -0.4 is 14.8 Å². The van der Waals surface area contributed by atoms with E-state index < -0.39 is 5.91 Å². The van der Waals surface area contributed by atoms with E-state index in [2.05, 4.69) is 44.4 Å². The second-order valence-electron chi connectivity index (χ2n) is 7.20. The van der Waals surface area contributed by atoms with Crippen molar-refractivity contribution in [2.75, 3.05) is 6.61 Å². The van der Waals surface area contributed by atoms with E-state index in [4.69, 9.17) is 9.47 Å². The van der Waals surface area contributed by atoms with Crippen molar-refractivity contribution in [1.29, 1.82) is 0 Å². The van der Waals surface area contributed by atoms with Crippen LogP contribution in [0.2, 0.25) is 0 Å².